The summed E-state index contributed by atoms with van der Waals surface area (Å²) in [6.45, 7) is 1.77. The molecule has 0 fully saturated rings. The summed E-state index contributed by atoms with van der Waals surface area (Å²) in [5, 5.41) is 0. The predicted molar refractivity (Wildman–Crippen MR) is 79.5 cm³/mol. The summed E-state index contributed by atoms with van der Waals surface area (Å²) in [6, 6.07) is 6.16. The highest BCUT2D eigenvalue weighted by molar-refractivity contribution is 9.10. The molecule has 106 valence electrons. The summed E-state index contributed by atoms with van der Waals surface area (Å²) in [6.07, 6.45) is 1.21. The molecule has 0 saturated carbocycles. The SMILES string of the molecule is Cc1nc(NS(=O)(=O)c2ccc(NN)nc2)ccc1Br. The Kier molecular flexibility index (Phi) is 4.21. The van der Waals surface area contributed by atoms with Crippen LogP contribution in [0.4, 0.5) is 11.6 Å². The number of hydrogen-bond donors (Lipinski definition) is 3. The molecule has 0 aliphatic heterocycles. The molecule has 2 aromatic heterocycles. The molecule has 0 radical (unpaired) electrons. The number of aryl methyl sites for hydroxylation is 1. The van der Waals surface area contributed by atoms with Crippen molar-refractivity contribution >= 4 is 37.6 Å². The number of nitrogens with zero attached hydrogens (tertiary/aromatic N) is 2. The summed E-state index contributed by atoms with van der Waals surface area (Å²) in [5.41, 5.74) is 3.01. The lowest BCUT2D eigenvalue weighted by Gasteiger charge is -2.08. The minimum atomic E-state index is -3.73. The molecule has 0 unspecified atom stereocenters. The van der Waals surface area contributed by atoms with E-state index < -0.39 is 10.0 Å². The van der Waals surface area contributed by atoms with Crippen molar-refractivity contribution in [2.24, 2.45) is 5.84 Å². The van der Waals surface area contributed by atoms with E-state index in [1.54, 1.807) is 19.1 Å². The van der Waals surface area contributed by atoms with Gasteiger partial charge in [-0.05, 0) is 47.1 Å². The van der Waals surface area contributed by atoms with Gasteiger partial charge in [-0.15, -0.1) is 0 Å². The van der Waals surface area contributed by atoms with Crippen LogP contribution in [0.5, 0.6) is 0 Å². The van der Waals surface area contributed by atoms with Crippen molar-refractivity contribution < 1.29 is 8.42 Å². The first-order valence-corrected chi connectivity index (χ1v) is 7.78. The number of nitrogens with two attached hydrogens (primary N) is 1. The second kappa shape index (κ2) is 5.73. The number of nitrogens with one attached hydrogen (secondary N) is 2. The van der Waals surface area contributed by atoms with E-state index in [9.17, 15) is 8.42 Å². The second-order valence-corrected chi connectivity index (χ2v) is 6.43. The van der Waals surface area contributed by atoms with Gasteiger partial charge in [0.2, 0.25) is 0 Å². The van der Waals surface area contributed by atoms with Crippen LogP contribution in [-0.2, 0) is 10.0 Å². The predicted octanol–water partition coefficient (Wildman–Crippen LogP) is 1.63. The number of pyridine rings is 2. The average molecular weight is 358 g/mol. The molecular weight excluding hydrogens is 346 g/mol. The minimum absolute atomic E-state index is 0.0267. The van der Waals surface area contributed by atoms with E-state index in [4.69, 9.17) is 5.84 Å². The van der Waals surface area contributed by atoms with Gasteiger partial charge in [-0.1, -0.05) is 0 Å². The summed E-state index contributed by atoms with van der Waals surface area (Å²) in [7, 11) is -3.73. The van der Waals surface area contributed by atoms with Gasteiger partial charge in [0.25, 0.3) is 10.0 Å². The quantitative estimate of drug-likeness (QED) is 0.566. The zero-order valence-electron chi connectivity index (χ0n) is 10.5. The molecule has 2 aromatic rings. The Morgan fingerprint density at radius 1 is 1.20 bits per heavy atom. The molecule has 20 heavy (non-hydrogen) atoms. The van der Waals surface area contributed by atoms with E-state index in [1.165, 1.54) is 18.3 Å². The van der Waals surface area contributed by atoms with Gasteiger partial charge in [-0.2, -0.15) is 0 Å². The smallest absolute Gasteiger partial charge is 0.264 e. The van der Waals surface area contributed by atoms with E-state index in [0.717, 1.165) is 4.47 Å². The first-order valence-electron chi connectivity index (χ1n) is 5.51. The maximum absolute atomic E-state index is 12.1. The highest BCUT2D eigenvalue weighted by Crippen LogP contribution is 2.19. The number of sulfonamides is 1. The first-order chi connectivity index (χ1) is 9.42. The summed E-state index contributed by atoms with van der Waals surface area (Å²) in [4.78, 5) is 8.01. The van der Waals surface area contributed by atoms with Crippen molar-refractivity contribution in [2.75, 3.05) is 10.1 Å². The molecule has 0 atom stereocenters. The van der Waals surface area contributed by atoms with Crippen LogP contribution in [0.15, 0.2) is 39.8 Å². The Morgan fingerprint density at radius 2 is 1.90 bits per heavy atom. The molecule has 7 nitrogen and oxygen atoms in total. The van der Waals surface area contributed by atoms with Crippen LogP contribution in [0.1, 0.15) is 5.69 Å². The van der Waals surface area contributed by atoms with Crippen molar-refractivity contribution in [1.29, 1.82) is 0 Å². The number of hydrogen-bond acceptors (Lipinski definition) is 6. The Hall–Kier alpha value is -1.71. The van der Waals surface area contributed by atoms with Crippen LogP contribution in [0, 0.1) is 6.92 Å². The lowest BCUT2D eigenvalue weighted by molar-refractivity contribution is 0.600. The van der Waals surface area contributed by atoms with Crippen molar-refractivity contribution in [3.05, 3.63) is 40.6 Å². The maximum atomic E-state index is 12.1. The van der Waals surface area contributed by atoms with Gasteiger partial charge in [0.1, 0.15) is 16.5 Å². The number of halogens is 1. The Morgan fingerprint density at radius 3 is 2.45 bits per heavy atom. The van der Waals surface area contributed by atoms with Crippen LogP contribution in [0.25, 0.3) is 0 Å². The summed E-state index contributed by atoms with van der Waals surface area (Å²) in [5.74, 6) is 5.79. The highest BCUT2D eigenvalue weighted by Gasteiger charge is 2.15. The van der Waals surface area contributed by atoms with Gasteiger partial charge in [0.15, 0.2) is 0 Å². The van der Waals surface area contributed by atoms with E-state index >= 15 is 0 Å². The van der Waals surface area contributed by atoms with Crippen molar-refractivity contribution in [2.45, 2.75) is 11.8 Å². The number of anilines is 2. The van der Waals surface area contributed by atoms with Crippen LogP contribution in [0.3, 0.4) is 0 Å². The van der Waals surface area contributed by atoms with Gasteiger partial charge >= 0.3 is 0 Å². The molecule has 0 aliphatic rings. The first kappa shape index (κ1) is 14.7. The van der Waals surface area contributed by atoms with Crippen molar-refractivity contribution in [3.63, 3.8) is 0 Å². The molecule has 2 heterocycles. The van der Waals surface area contributed by atoms with E-state index in [-0.39, 0.29) is 10.7 Å². The number of rotatable bonds is 4. The monoisotopic (exact) mass is 357 g/mol. The summed E-state index contributed by atoms with van der Waals surface area (Å²) >= 11 is 3.30. The van der Waals surface area contributed by atoms with Crippen LogP contribution < -0.4 is 16.0 Å². The standard InChI is InChI=1S/C11H12BrN5O2S/c1-7-9(12)3-5-11(15-7)17-20(18,19)8-2-4-10(16-13)14-6-8/h2-6H,13H2,1H3,(H,14,16)(H,15,17). The number of hydrazine groups is 1. The number of aromatic nitrogens is 2. The van der Waals surface area contributed by atoms with E-state index in [0.29, 0.717) is 11.5 Å². The van der Waals surface area contributed by atoms with Crippen LogP contribution in [-0.4, -0.2) is 18.4 Å². The largest absolute Gasteiger partial charge is 0.308 e. The normalized spacial score (nSPS) is 11.2. The molecule has 9 heteroatoms. The third-order valence-corrected chi connectivity index (χ3v) is 4.63. The molecule has 0 bridgehead atoms. The van der Waals surface area contributed by atoms with Gasteiger partial charge in [-0.25, -0.2) is 24.2 Å². The Bertz CT molecular complexity index is 718. The molecule has 0 aliphatic carbocycles. The van der Waals surface area contributed by atoms with Gasteiger partial charge in [0.05, 0.1) is 5.69 Å². The highest BCUT2D eigenvalue weighted by atomic mass is 79.9. The van der Waals surface area contributed by atoms with Gasteiger partial charge in [0, 0.05) is 10.7 Å². The molecule has 0 saturated heterocycles. The third-order valence-electron chi connectivity index (χ3n) is 2.45. The molecular formula is C11H12BrN5O2S. The maximum Gasteiger partial charge on any atom is 0.264 e. The van der Waals surface area contributed by atoms with Gasteiger partial charge < -0.3 is 5.43 Å². The Balaban J connectivity index is 2.27. The average Bonchev–Trinajstić information content (AvgIpc) is 2.43. The third kappa shape index (κ3) is 3.24. The fourth-order valence-electron chi connectivity index (χ4n) is 1.42. The molecule has 0 amide bonds. The summed E-state index contributed by atoms with van der Waals surface area (Å²) < 4.78 is 27.5. The minimum Gasteiger partial charge on any atom is -0.308 e. The molecule has 4 N–H and O–H groups in total. The topological polar surface area (TPSA) is 110 Å². The van der Waals surface area contributed by atoms with E-state index in [1.807, 2.05) is 0 Å². The fourth-order valence-corrected chi connectivity index (χ4v) is 2.59. The van der Waals surface area contributed by atoms with Crippen LogP contribution >= 0.6 is 15.9 Å². The molecule has 0 aromatic carbocycles. The zero-order chi connectivity index (χ0) is 14.8. The second-order valence-electron chi connectivity index (χ2n) is 3.89. The Labute approximate surface area is 124 Å². The van der Waals surface area contributed by atoms with Crippen molar-refractivity contribution in [1.82, 2.24) is 9.97 Å². The lowest BCUT2D eigenvalue weighted by Crippen LogP contribution is -2.15. The van der Waals surface area contributed by atoms with Gasteiger partial charge in [-0.3, -0.25) is 4.72 Å². The number of nitrogen functional groups attached to an aromatic ring is 1. The lowest BCUT2D eigenvalue weighted by atomic mass is 10.4. The van der Waals surface area contributed by atoms with Crippen LogP contribution in [0.2, 0.25) is 0 Å². The molecule has 2 rings (SSSR count). The molecule has 0 spiro atoms. The van der Waals surface area contributed by atoms with E-state index in [2.05, 4.69) is 36.0 Å². The van der Waals surface area contributed by atoms with Crippen molar-refractivity contribution in [3.8, 4) is 0 Å². The fraction of sp³-hybridized carbons (Fsp3) is 0.0909. The zero-order valence-corrected chi connectivity index (χ0v) is 12.9.